The van der Waals surface area contributed by atoms with Crippen LogP contribution >= 0.6 is 22.9 Å². The van der Waals surface area contributed by atoms with Gasteiger partial charge >= 0.3 is 0 Å². The Bertz CT molecular complexity index is 673. The van der Waals surface area contributed by atoms with Crippen LogP contribution in [0.2, 0.25) is 0 Å². The molecular formula is C12H12N4S2. The fourth-order valence-electron chi connectivity index (χ4n) is 2.05. The maximum atomic E-state index is 5.73. The Balaban J connectivity index is 2.17. The lowest BCUT2D eigenvalue weighted by molar-refractivity contribution is 0.646. The minimum atomic E-state index is -0.0488. The van der Waals surface area contributed by atoms with Crippen LogP contribution in [0.15, 0.2) is 29.6 Å². The zero-order valence-electron chi connectivity index (χ0n) is 9.75. The molecule has 1 aromatic carbocycles. The number of hydrogen-bond acceptors (Lipinski definition) is 6. The van der Waals surface area contributed by atoms with Crippen molar-refractivity contribution in [3.8, 4) is 0 Å². The number of benzene rings is 1. The number of rotatable bonds is 3. The molecule has 2 heterocycles. The van der Waals surface area contributed by atoms with E-state index in [0.29, 0.717) is 0 Å². The largest absolute Gasteiger partial charge is 0.271 e. The van der Waals surface area contributed by atoms with Crippen molar-refractivity contribution in [2.75, 3.05) is 0 Å². The predicted molar refractivity (Wildman–Crippen MR) is 75.6 cm³/mol. The summed E-state index contributed by atoms with van der Waals surface area (Å²) in [6, 6.07) is 8.34. The van der Waals surface area contributed by atoms with Gasteiger partial charge in [-0.15, -0.1) is 16.4 Å². The number of hydrogen-bond donors (Lipinski definition) is 2. The SMILES string of the molecule is Cc1nnsc1C(NN)c1cccc2ccsc12. The van der Waals surface area contributed by atoms with Crippen molar-refractivity contribution in [2.24, 2.45) is 5.84 Å². The molecule has 0 saturated carbocycles. The molecule has 3 N–H and O–H groups in total. The van der Waals surface area contributed by atoms with Gasteiger partial charge in [0.25, 0.3) is 0 Å². The highest BCUT2D eigenvalue weighted by Gasteiger charge is 2.20. The van der Waals surface area contributed by atoms with E-state index in [2.05, 4.69) is 44.7 Å². The number of aromatic nitrogens is 2. The first kappa shape index (κ1) is 11.7. The molecule has 2 aromatic heterocycles. The standard InChI is InChI=1S/C12H12N4S2/c1-7-11(18-16-15-7)10(14-13)9-4-2-3-8-5-6-17-12(8)9/h2-6,10,14H,13H2,1H3. The number of nitrogens with one attached hydrogen (secondary N) is 1. The molecule has 0 aliphatic rings. The van der Waals surface area contributed by atoms with Gasteiger partial charge in [0.2, 0.25) is 0 Å². The van der Waals surface area contributed by atoms with E-state index in [4.69, 9.17) is 5.84 Å². The fraction of sp³-hybridized carbons (Fsp3) is 0.167. The number of thiophene rings is 1. The van der Waals surface area contributed by atoms with Gasteiger partial charge in [-0.05, 0) is 40.9 Å². The molecule has 3 aromatic rings. The molecule has 1 atom stereocenters. The van der Waals surface area contributed by atoms with Crippen molar-refractivity contribution in [3.05, 3.63) is 45.8 Å². The smallest absolute Gasteiger partial charge is 0.0851 e. The highest BCUT2D eigenvalue weighted by molar-refractivity contribution is 7.17. The van der Waals surface area contributed by atoms with Gasteiger partial charge in [0.15, 0.2) is 0 Å². The van der Waals surface area contributed by atoms with E-state index in [0.717, 1.165) is 10.6 Å². The van der Waals surface area contributed by atoms with E-state index in [1.54, 1.807) is 11.3 Å². The lowest BCUT2D eigenvalue weighted by Gasteiger charge is -2.15. The summed E-state index contributed by atoms with van der Waals surface area (Å²) in [5.41, 5.74) is 4.99. The molecule has 0 radical (unpaired) electrons. The van der Waals surface area contributed by atoms with Gasteiger partial charge in [-0.1, -0.05) is 22.7 Å². The Morgan fingerprint density at radius 2 is 2.22 bits per heavy atom. The Labute approximate surface area is 113 Å². The van der Waals surface area contributed by atoms with E-state index in [1.165, 1.54) is 27.2 Å². The van der Waals surface area contributed by atoms with Crippen LogP contribution in [-0.4, -0.2) is 9.59 Å². The first-order valence-corrected chi connectivity index (χ1v) is 7.17. The van der Waals surface area contributed by atoms with Crippen LogP contribution in [-0.2, 0) is 0 Å². The Kier molecular flexibility index (Phi) is 3.09. The maximum Gasteiger partial charge on any atom is 0.0851 e. The van der Waals surface area contributed by atoms with Gasteiger partial charge in [0, 0.05) is 4.70 Å². The summed E-state index contributed by atoms with van der Waals surface area (Å²) >= 11 is 3.12. The van der Waals surface area contributed by atoms with Crippen LogP contribution in [0, 0.1) is 6.92 Å². The molecular weight excluding hydrogens is 264 g/mol. The first-order chi connectivity index (χ1) is 8.81. The molecule has 1 unspecified atom stereocenters. The van der Waals surface area contributed by atoms with Crippen LogP contribution in [0.3, 0.4) is 0 Å². The van der Waals surface area contributed by atoms with Crippen LogP contribution in [0.5, 0.6) is 0 Å². The maximum absolute atomic E-state index is 5.73. The molecule has 3 rings (SSSR count). The predicted octanol–water partition coefficient (Wildman–Crippen LogP) is 2.61. The second-order valence-electron chi connectivity index (χ2n) is 4.01. The molecule has 18 heavy (non-hydrogen) atoms. The van der Waals surface area contributed by atoms with E-state index >= 15 is 0 Å². The van der Waals surface area contributed by atoms with E-state index in [-0.39, 0.29) is 6.04 Å². The second-order valence-corrected chi connectivity index (χ2v) is 5.71. The van der Waals surface area contributed by atoms with Gasteiger partial charge in [0.05, 0.1) is 16.6 Å². The molecule has 0 spiro atoms. The van der Waals surface area contributed by atoms with Crippen molar-refractivity contribution in [1.29, 1.82) is 0 Å². The molecule has 0 bridgehead atoms. The zero-order chi connectivity index (χ0) is 12.5. The second kappa shape index (κ2) is 4.74. The van der Waals surface area contributed by atoms with Crippen molar-refractivity contribution in [2.45, 2.75) is 13.0 Å². The van der Waals surface area contributed by atoms with Crippen molar-refractivity contribution in [1.82, 2.24) is 15.0 Å². The van der Waals surface area contributed by atoms with Crippen LogP contribution < -0.4 is 11.3 Å². The van der Waals surface area contributed by atoms with Crippen molar-refractivity contribution >= 4 is 33.0 Å². The van der Waals surface area contributed by atoms with Gasteiger partial charge < -0.3 is 0 Å². The van der Waals surface area contributed by atoms with Gasteiger partial charge in [0.1, 0.15) is 0 Å². The van der Waals surface area contributed by atoms with E-state index in [1.807, 2.05) is 6.92 Å². The third-order valence-electron chi connectivity index (χ3n) is 2.94. The summed E-state index contributed by atoms with van der Waals surface area (Å²) < 4.78 is 5.24. The normalized spacial score (nSPS) is 13.0. The van der Waals surface area contributed by atoms with Crippen LogP contribution in [0.4, 0.5) is 0 Å². The Morgan fingerprint density at radius 1 is 1.33 bits per heavy atom. The molecule has 0 aliphatic heterocycles. The summed E-state index contributed by atoms with van der Waals surface area (Å²) in [7, 11) is 0. The first-order valence-electron chi connectivity index (χ1n) is 5.52. The quantitative estimate of drug-likeness (QED) is 0.570. The van der Waals surface area contributed by atoms with Gasteiger partial charge in [-0.25, -0.2) is 5.43 Å². The molecule has 0 fully saturated rings. The number of nitrogens with zero attached hydrogens (tertiary/aromatic N) is 2. The highest BCUT2D eigenvalue weighted by atomic mass is 32.1. The number of aryl methyl sites for hydroxylation is 1. The van der Waals surface area contributed by atoms with Crippen LogP contribution in [0.1, 0.15) is 22.2 Å². The summed E-state index contributed by atoms with van der Waals surface area (Å²) in [4.78, 5) is 1.07. The highest BCUT2D eigenvalue weighted by Crippen LogP contribution is 2.33. The van der Waals surface area contributed by atoms with Crippen molar-refractivity contribution in [3.63, 3.8) is 0 Å². The number of nitrogens with two attached hydrogens (primary N) is 1. The zero-order valence-corrected chi connectivity index (χ0v) is 11.4. The molecule has 4 nitrogen and oxygen atoms in total. The molecule has 92 valence electrons. The molecule has 0 amide bonds. The third kappa shape index (κ3) is 1.83. The lowest BCUT2D eigenvalue weighted by Crippen LogP contribution is -2.28. The Hall–Kier alpha value is -1.34. The fourth-order valence-corrected chi connectivity index (χ4v) is 3.72. The topological polar surface area (TPSA) is 63.8 Å². The van der Waals surface area contributed by atoms with Gasteiger partial charge in [-0.2, -0.15) is 0 Å². The summed E-state index contributed by atoms with van der Waals surface area (Å²) in [6.07, 6.45) is 0. The third-order valence-corrected chi connectivity index (χ3v) is 4.81. The summed E-state index contributed by atoms with van der Waals surface area (Å²) in [5.74, 6) is 5.73. The van der Waals surface area contributed by atoms with E-state index in [9.17, 15) is 0 Å². The lowest BCUT2D eigenvalue weighted by atomic mass is 10.0. The summed E-state index contributed by atoms with van der Waals surface area (Å²) in [5, 5.41) is 7.40. The molecule has 6 heteroatoms. The summed E-state index contributed by atoms with van der Waals surface area (Å²) in [6.45, 7) is 1.96. The monoisotopic (exact) mass is 276 g/mol. The number of fused-ring (bicyclic) bond motifs is 1. The van der Waals surface area contributed by atoms with Crippen molar-refractivity contribution < 1.29 is 0 Å². The molecule has 0 saturated heterocycles. The van der Waals surface area contributed by atoms with Crippen LogP contribution in [0.25, 0.3) is 10.1 Å². The average Bonchev–Trinajstić information content (AvgIpc) is 3.00. The Morgan fingerprint density at radius 3 is 2.94 bits per heavy atom. The van der Waals surface area contributed by atoms with E-state index < -0.39 is 0 Å². The van der Waals surface area contributed by atoms with Gasteiger partial charge in [-0.3, -0.25) is 5.84 Å². The molecule has 0 aliphatic carbocycles. The number of hydrazine groups is 1. The average molecular weight is 276 g/mol. The minimum absolute atomic E-state index is 0.0488. The minimum Gasteiger partial charge on any atom is -0.271 e.